The lowest BCUT2D eigenvalue weighted by Crippen LogP contribution is -2.39. The topological polar surface area (TPSA) is 71.3 Å². The Kier molecular flexibility index (Phi) is 6.27. The van der Waals surface area contributed by atoms with Crippen LogP contribution in [0.15, 0.2) is 41.1 Å². The van der Waals surface area contributed by atoms with E-state index in [9.17, 15) is 13.6 Å². The highest BCUT2D eigenvalue weighted by Crippen LogP contribution is 2.29. The molecule has 0 aliphatic heterocycles. The van der Waals surface area contributed by atoms with Gasteiger partial charge in [0.2, 0.25) is 5.91 Å². The zero-order valence-corrected chi connectivity index (χ0v) is 17.6. The summed E-state index contributed by atoms with van der Waals surface area (Å²) in [4.78, 5) is 22.9. The number of alkyl halides is 2. The third kappa shape index (κ3) is 5.07. The van der Waals surface area contributed by atoms with E-state index in [0.717, 1.165) is 29.2 Å². The lowest BCUT2D eigenvalue weighted by atomic mass is 9.85. The fourth-order valence-electron chi connectivity index (χ4n) is 4.23. The number of amides is 1. The van der Waals surface area contributed by atoms with Crippen LogP contribution in [0.1, 0.15) is 31.6 Å². The minimum absolute atomic E-state index is 0.0659. The molecule has 1 aliphatic rings. The van der Waals surface area contributed by atoms with E-state index in [1.807, 2.05) is 24.3 Å². The highest BCUT2D eigenvalue weighted by molar-refractivity contribution is 5.94. The molecule has 31 heavy (non-hydrogen) atoms. The number of aryl methyl sites for hydroxylation is 1. The first-order chi connectivity index (χ1) is 14.9. The van der Waals surface area contributed by atoms with Crippen LogP contribution in [0.5, 0.6) is 0 Å². The van der Waals surface area contributed by atoms with E-state index >= 15 is 0 Å². The van der Waals surface area contributed by atoms with Crippen molar-refractivity contribution in [2.45, 2.75) is 45.1 Å². The van der Waals surface area contributed by atoms with Crippen molar-refractivity contribution >= 4 is 22.5 Å². The quantitative estimate of drug-likeness (QED) is 0.605. The summed E-state index contributed by atoms with van der Waals surface area (Å²) in [5.74, 6) is 1.60. The highest BCUT2D eigenvalue weighted by atomic mass is 19.3. The molecule has 1 saturated carbocycles. The number of pyridine rings is 1. The van der Waals surface area contributed by atoms with Gasteiger partial charge in [-0.15, -0.1) is 0 Å². The molecule has 1 fully saturated rings. The van der Waals surface area contributed by atoms with Crippen molar-refractivity contribution in [3.05, 3.63) is 42.5 Å². The van der Waals surface area contributed by atoms with E-state index in [2.05, 4.69) is 15.3 Å². The molecule has 2 aromatic heterocycles. The van der Waals surface area contributed by atoms with Gasteiger partial charge in [0.1, 0.15) is 5.82 Å². The summed E-state index contributed by atoms with van der Waals surface area (Å²) in [7, 11) is 1.73. The van der Waals surface area contributed by atoms with Crippen molar-refractivity contribution in [2.24, 2.45) is 5.92 Å². The number of halogens is 2. The zero-order valence-electron chi connectivity index (χ0n) is 17.6. The van der Waals surface area contributed by atoms with E-state index in [0.29, 0.717) is 30.3 Å². The molecule has 3 aromatic rings. The van der Waals surface area contributed by atoms with Crippen LogP contribution >= 0.6 is 0 Å². The van der Waals surface area contributed by atoms with Crippen molar-refractivity contribution in [3.8, 4) is 11.3 Å². The number of benzene rings is 1. The Hall–Kier alpha value is -2.87. The summed E-state index contributed by atoms with van der Waals surface area (Å²) >= 11 is 0. The molecule has 1 N–H and O–H groups in total. The van der Waals surface area contributed by atoms with Crippen LogP contribution in [0, 0.1) is 12.8 Å². The first kappa shape index (κ1) is 21.4. The van der Waals surface area contributed by atoms with Gasteiger partial charge in [-0.1, -0.05) is 12.1 Å². The second-order valence-corrected chi connectivity index (χ2v) is 8.20. The van der Waals surface area contributed by atoms with Crippen LogP contribution in [0.3, 0.4) is 0 Å². The monoisotopic (exact) mass is 428 g/mol. The van der Waals surface area contributed by atoms with Crippen molar-refractivity contribution in [1.82, 2.24) is 14.9 Å². The predicted octanol–water partition coefficient (Wildman–Crippen LogP) is 4.89. The molecular formula is C23H26F2N4O2. The molecule has 1 aliphatic carbocycles. The third-order valence-electron chi connectivity index (χ3n) is 6.00. The number of carbonyl (C=O) groups excluding carboxylic acids is 1. The molecule has 0 unspecified atom stereocenters. The number of rotatable bonds is 6. The van der Waals surface area contributed by atoms with E-state index in [4.69, 9.17) is 4.42 Å². The first-order valence-corrected chi connectivity index (χ1v) is 10.5. The van der Waals surface area contributed by atoms with Gasteiger partial charge in [-0.05, 0) is 50.2 Å². The second kappa shape index (κ2) is 9.09. The Balaban J connectivity index is 1.41. The SMILES string of the molecule is Cc1ncc(-c2ccc3cnc(NC(=O)C4CCC(N(C)CC(F)F)CC4)cc3c2)o1. The number of nitrogens with one attached hydrogen (secondary N) is 1. The Morgan fingerprint density at radius 3 is 2.61 bits per heavy atom. The van der Waals surface area contributed by atoms with Gasteiger partial charge in [0.25, 0.3) is 6.43 Å². The summed E-state index contributed by atoms with van der Waals surface area (Å²) in [5, 5.41) is 4.82. The van der Waals surface area contributed by atoms with E-state index in [1.165, 1.54) is 0 Å². The van der Waals surface area contributed by atoms with Crippen LogP contribution < -0.4 is 5.32 Å². The van der Waals surface area contributed by atoms with Crippen molar-refractivity contribution in [1.29, 1.82) is 0 Å². The van der Waals surface area contributed by atoms with Gasteiger partial charge in [-0.2, -0.15) is 0 Å². The lowest BCUT2D eigenvalue weighted by Gasteiger charge is -2.33. The summed E-state index contributed by atoms with van der Waals surface area (Å²) in [6.45, 7) is 1.57. The molecule has 4 rings (SSSR count). The number of oxazole rings is 1. The van der Waals surface area contributed by atoms with E-state index < -0.39 is 6.43 Å². The summed E-state index contributed by atoms with van der Waals surface area (Å²) in [6, 6.07) is 7.85. The fourth-order valence-corrected chi connectivity index (χ4v) is 4.23. The minimum Gasteiger partial charge on any atom is -0.441 e. The largest absolute Gasteiger partial charge is 0.441 e. The minimum atomic E-state index is -2.33. The Morgan fingerprint density at radius 2 is 1.94 bits per heavy atom. The van der Waals surface area contributed by atoms with Gasteiger partial charge in [0, 0.05) is 36.0 Å². The Bertz CT molecular complexity index is 1060. The van der Waals surface area contributed by atoms with Crippen LogP contribution in [-0.4, -0.2) is 46.8 Å². The van der Waals surface area contributed by atoms with Crippen LogP contribution in [0.25, 0.3) is 22.1 Å². The van der Waals surface area contributed by atoms with Crippen LogP contribution in [-0.2, 0) is 4.79 Å². The first-order valence-electron chi connectivity index (χ1n) is 10.5. The van der Waals surface area contributed by atoms with Gasteiger partial charge in [0.15, 0.2) is 11.7 Å². The molecule has 164 valence electrons. The number of carbonyl (C=O) groups is 1. The molecule has 6 nitrogen and oxygen atoms in total. The number of nitrogens with zero attached hydrogens (tertiary/aromatic N) is 3. The van der Waals surface area contributed by atoms with Crippen LogP contribution in [0.4, 0.5) is 14.6 Å². The summed E-state index contributed by atoms with van der Waals surface area (Å²) in [6.07, 6.45) is 3.95. The third-order valence-corrected chi connectivity index (χ3v) is 6.00. The highest BCUT2D eigenvalue weighted by Gasteiger charge is 2.29. The predicted molar refractivity (Wildman–Crippen MR) is 115 cm³/mol. The second-order valence-electron chi connectivity index (χ2n) is 8.20. The number of anilines is 1. The molecule has 0 spiro atoms. The number of hydrogen-bond acceptors (Lipinski definition) is 5. The molecule has 8 heteroatoms. The summed E-state index contributed by atoms with van der Waals surface area (Å²) in [5.41, 5.74) is 0.905. The normalized spacial score (nSPS) is 19.3. The molecule has 0 atom stereocenters. The van der Waals surface area contributed by atoms with E-state index in [-0.39, 0.29) is 24.4 Å². The number of hydrogen-bond donors (Lipinski definition) is 1. The Morgan fingerprint density at radius 1 is 1.16 bits per heavy atom. The molecule has 1 aromatic carbocycles. The molecule has 0 bridgehead atoms. The van der Waals surface area contributed by atoms with Gasteiger partial charge in [0.05, 0.1) is 12.7 Å². The maximum absolute atomic E-state index is 12.7. The standard InChI is InChI=1S/C23H26F2N4O2/c1-14-26-12-20(31-14)16-3-4-17-11-27-22(10-18(17)9-16)28-23(30)15-5-7-19(8-6-15)29(2)13-21(24)25/h3-4,9-12,15,19,21H,5-8,13H2,1-2H3,(H,27,28,30). The van der Waals surface area contributed by atoms with Crippen molar-refractivity contribution in [2.75, 3.05) is 18.9 Å². The van der Waals surface area contributed by atoms with Gasteiger partial charge in [-0.25, -0.2) is 18.7 Å². The zero-order chi connectivity index (χ0) is 22.0. The smallest absolute Gasteiger partial charge is 0.251 e. The van der Waals surface area contributed by atoms with Crippen LogP contribution in [0.2, 0.25) is 0 Å². The molecular weight excluding hydrogens is 402 g/mol. The average molecular weight is 428 g/mol. The van der Waals surface area contributed by atoms with Crippen molar-refractivity contribution < 1.29 is 18.0 Å². The van der Waals surface area contributed by atoms with Gasteiger partial charge >= 0.3 is 0 Å². The average Bonchev–Trinajstić information content (AvgIpc) is 3.19. The maximum atomic E-state index is 12.7. The van der Waals surface area contributed by atoms with E-state index in [1.54, 1.807) is 31.3 Å². The molecule has 2 heterocycles. The lowest BCUT2D eigenvalue weighted by molar-refractivity contribution is -0.121. The number of fused-ring (bicyclic) bond motifs is 1. The fraction of sp³-hybridized carbons (Fsp3) is 0.435. The van der Waals surface area contributed by atoms with Crippen molar-refractivity contribution in [3.63, 3.8) is 0 Å². The Labute approximate surface area is 179 Å². The van der Waals surface area contributed by atoms with Gasteiger partial charge in [-0.3, -0.25) is 9.69 Å². The molecule has 0 saturated heterocycles. The molecule has 1 amide bonds. The number of aromatic nitrogens is 2. The maximum Gasteiger partial charge on any atom is 0.251 e. The van der Waals surface area contributed by atoms with Gasteiger partial charge < -0.3 is 9.73 Å². The molecule has 0 radical (unpaired) electrons. The summed E-state index contributed by atoms with van der Waals surface area (Å²) < 4.78 is 30.8.